The van der Waals surface area contributed by atoms with Gasteiger partial charge < -0.3 is 4.90 Å². The molecule has 15 heavy (non-hydrogen) atoms. The molecule has 5 heteroatoms. The molecule has 0 bridgehead atoms. The Morgan fingerprint density at radius 2 is 2.27 bits per heavy atom. The van der Waals surface area contributed by atoms with Crippen molar-refractivity contribution in [3.8, 4) is 0 Å². The van der Waals surface area contributed by atoms with Gasteiger partial charge in [0.1, 0.15) is 0 Å². The third-order valence-electron chi connectivity index (χ3n) is 2.42. The Morgan fingerprint density at radius 1 is 1.67 bits per heavy atom. The lowest BCUT2D eigenvalue weighted by molar-refractivity contribution is -0.149. The highest BCUT2D eigenvalue weighted by molar-refractivity contribution is 6.09. The molecule has 82 valence electrons. The molecule has 1 heterocycles. The first kappa shape index (κ1) is 12.2. The Hall–Kier alpha value is -0.865. The smallest absolute Gasteiger partial charge is 0.327 e. The zero-order chi connectivity index (χ0) is 11.6. The van der Waals surface area contributed by atoms with Crippen LogP contribution in [0.1, 0.15) is 20.3 Å². The van der Waals surface area contributed by atoms with Gasteiger partial charge in [-0.05, 0) is 13.8 Å². The molecule has 1 aliphatic rings. The standard InChI is InChI=1S/C10H14BF2NO/c1-7(2)14-8(4-3-5-11)6-10(12,13)9(14)15/h3-4,7-8H,5-6H2,1-2H3. The average molecular weight is 213 g/mol. The van der Waals surface area contributed by atoms with Crippen molar-refractivity contribution in [2.75, 3.05) is 0 Å². The lowest BCUT2D eigenvalue weighted by Gasteiger charge is -2.25. The van der Waals surface area contributed by atoms with E-state index in [0.29, 0.717) is 6.32 Å². The summed E-state index contributed by atoms with van der Waals surface area (Å²) in [5, 5.41) is 0. The summed E-state index contributed by atoms with van der Waals surface area (Å²) < 4.78 is 26.3. The van der Waals surface area contributed by atoms with Crippen LogP contribution in [0.4, 0.5) is 8.78 Å². The Labute approximate surface area is 89.7 Å². The van der Waals surface area contributed by atoms with Crippen molar-refractivity contribution < 1.29 is 13.6 Å². The quantitative estimate of drug-likeness (QED) is 0.516. The van der Waals surface area contributed by atoms with Crippen molar-refractivity contribution in [1.29, 1.82) is 0 Å². The number of hydrogen-bond acceptors (Lipinski definition) is 1. The van der Waals surface area contributed by atoms with E-state index in [1.54, 1.807) is 26.0 Å². The predicted molar refractivity (Wildman–Crippen MR) is 55.0 cm³/mol. The van der Waals surface area contributed by atoms with Crippen LogP contribution < -0.4 is 0 Å². The van der Waals surface area contributed by atoms with Crippen LogP contribution in [0.15, 0.2) is 12.2 Å². The molecule has 0 spiro atoms. The first-order chi connectivity index (χ1) is 6.90. The maximum Gasteiger partial charge on any atom is 0.327 e. The number of allylic oxidation sites excluding steroid dienone is 1. The van der Waals surface area contributed by atoms with Crippen LogP contribution in [0.3, 0.4) is 0 Å². The topological polar surface area (TPSA) is 20.3 Å². The normalized spacial score (nSPS) is 25.8. The number of carbonyl (C=O) groups excluding carboxylic acids is 1. The second-order valence-electron chi connectivity index (χ2n) is 3.95. The number of carbonyl (C=O) groups is 1. The zero-order valence-electron chi connectivity index (χ0n) is 8.91. The molecule has 1 unspecified atom stereocenters. The third kappa shape index (κ3) is 2.38. The van der Waals surface area contributed by atoms with E-state index in [0.717, 1.165) is 0 Å². The molecule has 1 aliphatic heterocycles. The maximum atomic E-state index is 13.2. The van der Waals surface area contributed by atoms with Gasteiger partial charge in [0.2, 0.25) is 0 Å². The van der Waals surface area contributed by atoms with Crippen LogP contribution in [-0.4, -0.2) is 36.7 Å². The summed E-state index contributed by atoms with van der Waals surface area (Å²) in [6, 6.07) is -0.755. The van der Waals surface area contributed by atoms with E-state index in [1.165, 1.54) is 4.90 Å². The van der Waals surface area contributed by atoms with E-state index in [1.807, 2.05) is 0 Å². The Kier molecular flexibility index (Phi) is 3.52. The summed E-state index contributed by atoms with van der Waals surface area (Å²) >= 11 is 0. The lowest BCUT2D eigenvalue weighted by Crippen LogP contribution is -2.40. The fourth-order valence-electron chi connectivity index (χ4n) is 1.80. The second-order valence-corrected chi connectivity index (χ2v) is 3.95. The molecule has 0 aromatic rings. The van der Waals surface area contributed by atoms with Crippen LogP contribution in [0, 0.1) is 0 Å². The summed E-state index contributed by atoms with van der Waals surface area (Å²) in [6.45, 7) is 3.45. The van der Waals surface area contributed by atoms with Crippen LogP contribution >= 0.6 is 0 Å². The van der Waals surface area contributed by atoms with E-state index < -0.39 is 24.3 Å². The maximum absolute atomic E-state index is 13.2. The van der Waals surface area contributed by atoms with Crippen molar-refractivity contribution in [3.05, 3.63) is 12.2 Å². The van der Waals surface area contributed by atoms with Crippen molar-refractivity contribution in [3.63, 3.8) is 0 Å². The third-order valence-corrected chi connectivity index (χ3v) is 2.42. The number of alkyl halides is 2. The summed E-state index contributed by atoms with van der Waals surface area (Å²) in [4.78, 5) is 12.6. The Morgan fingerprint density at radius 3 is 2.73 bits per heavy atom. The average Bonchev–Trinajstić information content (AvgIpc) is 2.34. The van der Waals surface area contributed by atoms with Crippen molar-refractivity contribution in [1.82, 2.24) is 4.90 Å². The molecule has 1 amide bonds. The molecule has 0 aliphatic carbocycles. The molecule has 0 aromatic heterocycles. The van der Waals surface area contributed by atoms with Crippen LogP contribution in [0.5, 0.6) is 0 Å². The highest BCUT2D eigenvalue weighted by Crippen LogP contribution is 2.35. The zero-order valence-corrected chi connectivity index (χ0v) is 8.91. The molecule has 1 atom stereocenters. The largest absolute Gasteiger partial charge is 0.328 e. The minimum absolute atomic E-state index is 0.224. The first-order valence-electron chi connectivity index (χ1n) is 4.97. The highest BCUT2D eigenvalue weighted by Gasteiger charge is 2.53. The SMILES string of the molecule is [B]CC=CC1CC(F)(F)C(=O)N1C(C)C. The Bertz CT molecular complexity index is 279. The summed E-state index contributed by atoms with van der Waals surface area (Å²) in [5.41, 5.74) is 0. The number of nitrogens with zero attached hydrogens (tertiary/aromatic N) is 1. The molecule has 0 N–H and O–H groups in total. The fourth-order valence-corrected chi connectivity index (χ4v) is 1.80. The van der Waals surface area contributed by atoms with Gasteiger partial charge >= 0.3 is 5.92 Å². The van der Waals surface area contributed by atoms with E-state index >= 15 is 0 Å². The van der Waals surface area contributed by atoms with Crippen molar-refractivity contribution in [2.45, 2.75) is 44.6 Å². The number of likely N-dealkylation sites (tertiary alicyclic amines) is 1. The summed E-state index contributed by atoms with van der Waals surface area (Å²) in [6.07, 6.45) is 3.04. The minimum Gasteiger partial charge on any atom is -0.328 e. The molecule has 1 saturated heterocycles. The van der Waals surface area contributed by atoms with Crippen molar-refractivity contribution >= 4 is 13.8 Å². The van der Waals surface area contributed by atoms with Gasteiger partial charge in [-0.2, -0.15) is 8.78 Å². The number of halogens is 2. The van der Waals surface area contributed by atoms with Gasteiger partial charge in [-0.3, -0.25) is 4.79 Å². The second kappa shape index (κ2) is 4.33. The molecule has 1 rings (SSSR count). The van der Waals surface area contributed by atoms with Gasteiger partial charge in [0.15, 0.2) is 0 Å². The molecule has 0 aromatic carbocycles. The molecule has 2 radical (unpaired) electrons. The molecule has 1 fully saturated rings. The van der Waals surface area contributed by atoms with Crippen LogP contribution in [0.25, 0.3) is 0 Å². The molecular weight excluding hydrogens is 199 g/mol. The predicted octanol–water partition coefficient (Wildman–Crippen LogP) is 1.77. The van der Waals surface area contributed by atoms with Crippen molar-refractivity contribution in [2.24, 2.45) is 0 Å². The van der Waals surface area contributed by atoms with E-state index in [4.69, 9.17) is 7.85 Å². The monoisotopic (exact) mass is 213 g/mol. The Balaban J connectivity index is 2.88. The van der Waals surface area contributed by atoms with E-state index in [2.05, 4.69) is 0 Å². The number of rotatable bonds is 3. The van der Waals surface area contributed by atoms with Gasteiger partial charge in [0.05, 0.1) is 13.9 Å². The number of hydrogen-bond donors (Lipinski definition) is 0. The van der Waals surface area contributed by atoms with Crippen LogP contribution in [0.2, 0.25) is 6.32 Å². The van der Waals surface area contributed by atoms with E-state index in [-0.39, 0.29) is 6.04 Å². The lowest BCUT2D eigenvalue weighted by atomic mass is 10.0. The van der Waals surface area contributed by atoms with Gasteiger partial charge in [-0.25, -0.2) is 0 Å². The molecule has 2 nitrogen and oxygen atoms in total. The molecule has 0 saturated carbocycles. The summed E-state index contributed by atoms with van der Waals surface area (Å²) in [5.74, 6) is -4.31. The fraction of sp³-hybridized carbons (Fsp3) is 0.700. The van der Waals surface area contributed by atoms with Gasteiger partial charge in [0, 0.05) is 12.5 Å². The summed E-state index contributed by atoms with van der Waals surface area (Å²) in [7, 11) is 5.25. The first-order valence-corrected chi connectivity index (χ1v) is 4.97. The van der Waals surface area contributed by atoms with Gasteiger partial charge in [0.25, 0.3) is 5.91 Å². The minimum atomic E-state index is -3.23. The number of amides is 1. The highest BCUT2D eigenvalue weighted by atomic mass is 19.3. The van der Waals surface area contributed by atoms with E-state index in [9.17, 15) is 13.6 Å². The van der Waals surface area contributed by atoms with Crippen LogP contribution in [-0.2, 0) is 4.79 Å². The van der Waals surface area contributed by atoms with Gasteiger partial charge in [-0.15, -0.1) is 0 Å². The van der Waals surface area contributed by atoms with Gasteiger partial charge in [-0.1, -0.05) is 18.5 Å². The molecular formula is C10H14BF2NO.